The number of methoxy groups -OCH3 is 1. The SMILES string of the molecule is COc1ccc2ccc(P(=O)(c3ccccc3)c3ccccc3)cc2c1. The smallest absolute Gasteiger partial charge is 0.171 e. The van der Waals surface area contributed by atoms with Gasteiger partial charge in [-0.15, -0.1) is 0 Å². The fourth-order valence-electron chi connectivity index (χ4n) is 3.26. The molecule has 3 heteroatoms. The normalized spacial score (nSPS) is 11.4. The molecular formula is C23H19O2P. The molecule has 4 aromatic rings. The van der Waals surface area contributed by atoms with Gasteiger partial charge in [-0.3, -0.25) is 0 Å². The number of ether oxygens (including phenoxy) is 1. The maximum Gasteiger partial charge on any atom is 0.171 e. The van der Waals surface area contributed by atoms with E-state index < -0.39 is 7.14 Å². The highest BCUT2D eigenvalue weighted by Gasteiger charge is 2.29. The van der Waals surface area contributed by atoms with E-state index in [0.717, 1.165) is 32.4 Å². The van der Waals surface area contributed by atoms with Gasteiger partial charge in [0, 0.05) is 15.9 Å². The molecule has 0 spiro atoms. The Morgan fingerprint density at radius 2 is 1.19 bits per heavy atom. The van der Waals surface area contributed by atoms with Crippen molar-refractivity contribution in [1.29, 1.82) is 0 Å². The summed E-state index contributed by atoms with van der Waals surface area (Å²) < 4.78 is 19.7. The summed E-state index contributed by atoms with van der Waals surface area (Å²) in [6.07, 6.45) is 0. The molecule has 0 aliphatic carbocycles. The summed E-state index contributed by atoms with van der Waals surface area (Å²) in [7, 11) is -1.29. The predicted octanol–water partition coefficient (Wildman–Crippen LogP) is 4.49. The van der Waals surface area contributed by atoms with Crippen molar-refractivity contribution in [3.05, 3.63) is 97.1 Å². The van der Waals surface area contributed by atoms with Gasteiger partial charge in [-0.2, -0.15) is 0 Å². The molecule has 2 nitrogen and oxygen atoms in total. The van der Waals surface area contributed by atoms with E-state index in [-0.39, 0.29) is 0 Å². The van der Waals surface area contributed by atoms with E-state index in [4.69, 9.17) is 4.74 Å². The highest BCUT2D eigenvalue weighted by atomic mass is 31.2. The van der Waals surface area contributed by atoms with Crippen LogP contribution < -0.4 is 20.7 Å². The van der Waals surface area contributed by atoms with Gasteiger partial charge < -0.3 is 9.30 Å². The van der Waals surface area contributed by atoms with Gasteiger partial charge in [0.2, 0.25) is 0 Å². The van der Waals surface area contributed by atoms with Crippen molar-refractivity contribution in [2.45, 2.75) is 0 Å². The van der Waals surface area contributed by atoms with Crippen LogP contribution in [-0.2, 0) is 4.57 Å². The highest BCUT2D eigenvalue weighted by molar-refractivity contribution is 7.85. The van der Waals surface area contributed by atoms with E-state index in [1.807, 2.05) is 97.1 Å². The van der Waals surface area contributed by atoms with Crippen LogP contribution in [0.15, 0.2) is 97.1 Å². The third-order valence-electron chi connectivity index (χ3n) is 4.63. The van der Waals surface area contributed by atoms with Crippen molar-refractivity contribution in [2.75, 3.05) is 7.11 Å². The summed E-state index contributed by atoms with van der Waals surface area (Å²) >= 11 is 0. The molecule has 0 saturated carbocycles. The van der Waals surface area contributed by atoms with Crippen molar-refractivity contribution in [1.82, 2.24) is 0 Å². The first-order valence-electron chi connectivity index (χ1n) is 8.51. The van der Waals surface area contributed by atoms with E-state index in [2.05, 4.69) is 0 Å². The maximum atomic E-state index is 14.4. The number of hydrogen-bond donors (Lipinski definition) is 0. The van der Waals surface area contributed by atoms with Gasteiger partial charge in [0.1, 0.15) is 5.75 Å². The quantitative estimate of drug-likeness (QED) is 0.503. The largest absolute Gasteiger partial charge is 0.497 e. The first-order chi connectivity index (χ1) is 12.7. The maximum absolute atomic E-state index is 14.4. The molecule has 4 rings (SSSR count). The second-order valence-corrected chi connectivity index (χ2v) is 8.95. The summed E-state index contributed by atoms with van der Waals surface area (Å²) in [5.74, 6) is 0.795. The van der Waals surface area contributed by atoms with Crippen molar-refractivity contribution < 1.29 is 9.30 Å². The van der Waals surface area contributed by atoms with Gasteiger partial charge in [0.05, 0.1) is 7.11 Å². The lowest BCUT2D eigenvalue weighted by atomic mass is 10.1. The Labute approximate surface area is 153 Å². The Balaban J connectivity index is 1.98. The average molecular weight is 358 g/mol. The number of fused-ring (bicyclic) bond motifs is 1. The Morgan fingerprint density at radius 1 is 0.615 bits per heavy atom. The molecule has 0 N–H and O–H groups in total. The summed E-state index contributed by atoms with van der Waals surface area (Å²) in [6, 6.07) is 31.4. The molecule has 0 aliphatic heterocycles. The molecule has 0 unspecified atom stereocenters. The lowest BCUT2D eigenvalue weighted by molar-refractivity contribution is 0.415. The molecule has 4 aromatic carbocycles. The Morgan fingerprint density at radius 3 is 1.77 bits per heavy atom. The van der Waals surface area contributed by atoms with Crippen LogP contribution >= 0.6 is 7.14 Å². The van der Waals surface area contributed by atoms with Crippen molar-refractivity contribution >= 4 is 33.8 Å². The first kappa shape index (κ1) is 16.6. The summed E-state index contributed by atoms with van der Waals surface area (Å²) in [4.78, 5) is 0. The van der Waals surface area contributed by atoms with Crippen molar-refractivity contribution in [3.63, 3.8) is 0 Å². The number of hydrogen-bond acceptors (Lipinski definition) is 2. The molecule has 26 heavy (non-hydrogen) atoms. The second-order valence-electron chi connectivity index (χ2n) is 6.18. The van der Waals surface area contributed by atoms with Gasteiger partial charge in [-0.1, -0.05) is 78.9 Å². The van der Waals surface area contributed by atoms with Crippen LogP contribution in [0.5, 0.6) is 5.75 Å². The zero-order valence-corrected chi connectivity index (χ0v) is 15.4. The molecule has 128 valence electrons. The number of rotatable bonds is 4. The standard InChI is InChI=1S/C23H19O2P/c1-25-20-14-12-18-13-15-23(17-19(18)16-20)26(24,21-8-4-2-5-9-21)22-10-6-3-7-11-22/h2-17H,1H3. The molecule has 0 aromatic heterocycles. The fraction of sp³-hybridized carbons (Fsp3) is 0.0435. The van der Waals surface area contributed by atoms with E-state index in [1.165, 1.54) is 0 Å². The molecule has 0 atom stereocenters. The van der Waals surface area contributed by atoms with Crippen LogP contribution in [0, 0.1) is 0 Å². The number of benzene rings is 4. The zero-order chi connectivity index (χ0) is 18.0. The van der Waals surface area contributed by atoms with Gasteiger partial charge in [-0.05, 0) is 29.0 Å². The zero-order valence-electron chi connectivity index (χ0n) is 14.5. The lowest BCUT2D eigenvalue weighted by Gasteiger charge is -2.20. The molecule has 0 aliphatic rings. The van der Waals surface area contributed by atoms with Gasteiger partial charge in [-0.25, -0.2) is 0 Å². The van der Waals surface area contributed by atoms with E-state index in [0.29, 0.717) is 0 Å². The third kappa shape index (κ3) is 2.83. The van der Waals surface area contributed by atoms with Crippen LogP contribution in [-0.4, -0.2) is 7.11 Å². The van der Waals surface area contributed by atoms with Crippen LogP contribution in [0.25, 0.3) is 10.8 Å². The van der Waals surface area contributed by atoms with E-state index in [9.17, 15) is 4.57 Å². The van der Waals surface area contributed by atoms with E-state index >= 15 is 0 Å². The minimum Gasteiger partial charge on any atom is -0.497 e. The minimum absolute atomic E-state index is 0.795. The summed E-state index contributed by atoms with van der Waals surface area (Å²) in [6.45, 7) is 0. The van der Waals surface area contributed by atoms with Crippen molar-refractivity contribution in [3.8, 4) is 5.75 Å². The fourth-order valence-corrected chi connectivity index (χ4v) is 5.94. The Bertz CT molecular complexity index is 1050. The van der Waals surface area contributed by atoms with Crippen LogP contribution in [0.2, 0.25) is 0 Å². The minimum atomic E-state index is -2.95. The van der Waals surface area contributed by atoms with Crippen molar-refractivity contribution in [2.24, 2.45) is 0 Å². The van der Waals surface area contributed by atoms with Gasteiger partial charge >= 0.3 is 0 Å². The first-order valence-corrected chi connectivity index (χ1v) is 10.2. The molecular weight excluding hydrogens is 339 g/mol. The lowest BCUT2D eigenvalue weighted by Crippen LogP contribution is -2.24. The molecule has 0 bridgehead atoms. The van der Waals surface area contributed by atoms with Crippen LogP contribution in [0.1, 0.15) is 0 Å². The average Bonchev–Trinajstić information content (AvgIpc) is 2.73. The molecule has 0 radical (unpaired) electrons. The summed E-state index contributed by atoms with van der Waals surface area (Å²) in [5, 5.41) is 4.63. The Kier molecular flexibility index (Phi) is 4.36. The van der Waals surface area contributed by atoms with Crippen LogP contribution in [0.3, 0.4) is 0 Å². The second kappa shape index (κ2) is 6.82. The molecule has 0 fully saturated rings. The van der Waals surface area contributed by atoms with E-state index in [1.54, 1.807) is 7.11 Å². The Hall–Kier alpha value is -2.83. The predicted molar refractivity (Wildman–Crippen MR) is 110 cm³/mol. The molecule has 0 saturated heterocycles. The topological polar surface area (TPSA) is 26.3 Å². The molecule has 0 heterocycles. The van der Waals surface area contributed by atoms with Crippen LogP contribution in [0.4, 0.5) is 0 Å². The monoisotopic (exact) mass is 358 g/mol. The van der Waals surface area contributed by atoms with Gasteiger partial charge in [0.25, 0.3) is 0 Å². The third-order valence-corrected chi connectivity index (χ3v) is 7.69. The highest BCUT2D eigenvalue weighted by Crippen LogP contribution is 2.42. The van der Waals surface area contributed by atoms with Gasteiger partial charge in [0.15, 0.2) is 7.14 Å². The summed E-state index contributed by atoms with van der Waals surface area (Å²) in [5.41, 5.74) is 0. The molecule has 0 amide bonds.